The Morgan fingerprint density at radius 2 is 1.84 bits per heavy atom. The number of benzene rings is 2. The molecule has 2 N–H and O–H groups in total. The quantitative estimate of drug-likeness (QED) is 0.911. The van der Waals surface area contributed by atoms with Crippen LogP contribution in [0.5, 0.6) is 0 Å². The maximum absolute atomic E-state index is 12.9. The van der Waals surface area contributed by atoms with Crippen molar-refractivity contribution in [3.05, 3.63) is 65.7 Å². The monoisotopic (exact) mass is 337 g/mol. The highest BCUT2D eigenvalue weighted by Gasteiger charge is 2.38. The number of carbonyl (C=O) groups excluding carboxylic acids is 2. The fourth-order valence-corrected chi connectivity index (χ4v) is 3.27. The molecule has 2 aromatic rings. The fourth-order valence-electron chi connectivity index (χ4n) is 3.27. The SMILES string of the molecule is CCN(C(=O)c1ccc(CN)cc1)C1CCN(c2ccccc2)C1=O. The van der Waals surface area contributed by atoms with E-state index < -0.39 is 6.04 Å². The molecule has 0 spiro atoms. The summed E-state index contributed by atoms with van der Waals surface area (Å²) in [6.07, 6.45) is 0.647. The second-order valence-electron chi connectivity index (χ2n) is 6.12. The van der Waals surface area contributed by atoms with Gasteiger partial charge in [0.15, 0.2) is 0 Å². The minimum Gasteiger partial charge on any atom is -0.327 e. The summed E-state index contributed by atoms with van der Waals surface area (Å²) in [5.74, 6) is -0.126. The number of para-hydroxylation sites is 1. The molecule has 1 atom stereocenters. The molecule has 0 saturated carbocycles. The third-order valence-electron chi connectivity index (χ3n) is 4.66. The standard InChI is InChI=1S/C20H23N3O2/c1-2-22(19(24)16-10-8-15(14-21)9-11-16)18-12-13-23(20(18)25)17-6-4-3-5-7-17/h3-11,18H,2,12-14,21H2,1H3. The van der Waals surface area contributed by atoms with E-state index in [0.717, 1.165) is 11.3 Å². The minimum atomic E-state index is -0.410. The zero-order chi connectivity index (χ0) is 17.8. The summed E-state index contributed by atoms with van der Waals surface area (Å²) >= 11 is 0. The van der Waals surface area contributed by atoms with E-state index in [1.165, 1.54) is 0 Å². The highest BCUT2D eigenvalue weighted by atomic mass is 16.2. The Morgan fingerprint density at radius 1 is 1.16 bits per heavy atom. The number of anilines is 1. The molecule has 0 radical (unpaired) electrons. The van der Waals surface area contributed by atoms with Crippen molar-refractivity contribution in [1.82, 2.24) is 4.90 Å². The van der Waals surface area contributed by atoms with Gasteiger partial charge in [0, 0.05) is 30.9 Å². The predicted molar refractivity (Wildman–Crippen MR) is 98.2 cm³/mol. The summed E-state index contributed by atoms with van der Waals surface area (Å²) in [6, 6.07) is 16.5. The number of nitrogens with zero attached hydrogens (tertiary/aromatic N) is 2. The highest BCUT2D eigenvalue weighted by Crippen LogP contribution is 2.25. The van der Waals surface area contributed by atoms with Gasteiger partial charge in [-0.1, -0.05) is 30.3 Å². The average molecular weight is 337 g/mol. The van der Waals surface area contributed by atoms with Crippen LogP contribution in [0.1, 0.15) is 29.3 Å². The van der Waals surface area contributed by atoms with Gasteiger partial charge < -0.3 is 15.5 Å². The third kappa shape index (κ3) is 3.42. The van der Waals surface area contributed by atoms with Gasteiger partial charge in [0.25, 0.3) is 5.91 Å². The zero-order valence-electron chi connectivity index (χ0n) is 14.4. The van der Waals surface area contributed by atoms with Crippen LogP contribution in [0.2, 0.25) is 0 Å². The molecule has 1 fully saturated rings. The molecular formula is C20H23N3O2. The van der Waals surface area contributed by atoms with E-state index in [4.69, 9.17) is 5.73 Å². The van der Waals surface area contributed by atoms with Gasteiger partial charge in [0.1, 0.15) is 6.04 Å². The molecule has 5 heteroatoms. The van der Waals surface area contributed by atoms with Crippen LogP contribution in [0.15, 0.2) is 54.6 Å². The van der Waals surface area contributed by atoms with Crippen molar-refractivity contribution in [2.75, 3.05) is 18.0 Å². The van der Waals surface area contributed by atoms with Crippen molar-refractivity contribution in [3.8, 4) is 0 Å². The number of rotatable bonds is 5. The van der Waals surface area contributed by atoms with Gasteiger partial charge in [0.2, 0.25) is 5.91 Å². The molecule has 2 aromatic carbocycles. The Hall–Kier alpha value is -2.66. The molecule has 0 bridgehead atoms. The smallest absolute Gasteiger partial charge is 0.254 e. The van der Waals surface area contributed by atoms with E-state index in [2.05, 4.69) is 0 Å². The Morgan fingerprint density at radius 3 is 2.44 bits per heavy atom. The first-order chi connectivity index (χ1) is 12.2. The van der Waals surface area contributed by atoms with Crippen molar-refractivity contribution in [1.29, 1.82) is 0 Å². The number of hydrogen-bond donors (Lipinski definition) is 1. The lowest BCUT2D eigenvalue weighted by atomic mass is 10.1. The third-order valence-corrected chi connectivity index (χ3v) is 4.66. The lowest BCUT2D eigenvalue weighted by Gasteiger charge is -2.27. The fraction of sp³-hybridized carbons (Fsp3) is 0.300. The summed E-state index contributed by atoms with van der Waals surface area (Å²) in [4.78, 5) is 29.2. The van der Waals surface area contributed by atoms with Crippen LogP contribution >= 0.6 is 0 Å². The lowest BCUT2D eigenvalue weighted by molar-refractivity contribution is -0.120. The number of amides is 2. The number of nitrogens with two attached hydrogens (primary N) is 1. The Balaban J connectivity index is 1.78. The van der Waals surface area contributed by atoms with E-state index in [1.54, 1.807) is 21.9 Å². The second kappa shape index (κ2) is 7.49. The van der Waals surface area contributed by atoms with Crippen LogP contribution in [0.3, 0.4) is 0 Å². The van der Waals surface area contributed by atoms with Crippen molar-refractivity contribution in [2.45, 2.75) is 25.9 Å². The van der Waals surface area contributed by atoms with Crippen LogP contribution in [-0.4, -0.2) is 35.8 Å². The molecule has 5 nitrogen and oxygen atoms in total. The maximum Gasteiger partial charge on any atom is 0.254 e. The molecule has 3 rings (SSSR count). The first-order valence-corrected chi connectivity index (χ1v) is 8.62. The van der Waals surface area contributed by atoms with Gasteiger partial charge in [-0.2, -0.15) is 0 Å². The first kappa shape index (κ1) is 17.2. The van der Waals surface area contributed by atoms with Crippen LogP contribution in [0.4, 0.5) is 5.69 Å². The number of hydrogen-bond acceptors (Lipinski definition) is 3. The highest BCUT2D eigenvalue weighted by molar-refractivity contribution is 6.03. The minimum absolute atomic E-state index is 0.0139. The molecule has 0 aromatic heterocycles. The molecule has 1 heterocycles. The zero-order valence-corrected chi connectivity index (χ0v) is 14.4. The molecule has 1 aliphatic rings. The Bertz CT molecular complexity index is 743. The summed E-state index contributed by atoms with van der Waals surface area (Å²) in [7, 11) is 0. The average Bonchev–Trinajstić information content (AvgIpc) is 3.04. The lowest BCUT2D eigenvalue weighted by Crippen LogP contribution is -2.45. The van der Waals surface area contributed by atoms with Crippen LogP contribution in [-0.2, 0) is 11.3 Å². The molecule has 0 aliphatic carbocycles. The van der Waals surface area contributed by atoms with Crippen LogP contribution in [0.25, 0.3) is 0 Å². The van der Waals surface area contributed by atoms with Gasteiger partial charge >= 0.3 is 0 Å². The van der Waals surface area contributed by atoms with E-state index in [0.29, 0.717) is 31.6 Å². The molecule has 25 heavy (non-hydrogen) atoms. The molecule has 130 valence electrons. The van der Waals surface area contributed by atoms with Gasteiger partial charge in [-0.3, -0.25) is 9.59 Å². The second-order valence-corrected chi connectivity index (χ2v) is 6.12. The summed E-state index contributed by atoms with van der Waals surface area (Å²) in [5, 5.41) is 0. The van der Waals surface area contributed by atoms with E-state index in [1.807, 2.05) is 49.4 Å². The molecule has 1 saturated heterocycles. The maximum atomic E-state index is 12.9. The van der Waals surface area contributed by atoms with Crippen LogP contribution < -0.4 is 10.6 Å². The van der Waals surface area contributed by atoms with Crippen molar-refractivity contribution < 1.29 is 9.59 Å². The van der Waals surface area contributed by atoms with Crippen molar-refractivity contribution >= 4 is 17.5 Å². The van der Waals surface area contributed by atoms with Gasteiger partial charge in [0.05, 0.1) is 0 Å². The largest absolute Gasteiger partial charge is 0.327 e. The van der Waals surface area contributed by atoms with E-state index in [-0.39, 0.29) is 11.8 Å². The first-order valence-electron chi connectivity index (χ1n) is 8.62. The van der Waals surface area contributed by atoms with Gasteiger partial charge in [-0.15, -0.1) is 0 Å². The van der Waals surface area contributed by atoms with Crippen molar-refractivity contribution in [2.24, 2.45) is 5.73 Å². The summed E-state index contributed by atoms with van der Waals surface area (Å²) < 4.78 is 0. The van der Waals surface area contributed by atoms with E-state index >= 15 is 0 Å². The van der Waals surface area contributed by atoms with Gasteiger partial charge in [-0.25, -0.2) is 0 Å². The Kier molecular flexibility index (Phi) is 5.14. The Labute approximate surface area is 148 Å². The van der Waals surface area contributed by atoms with Gasteiger partial charge in [-0.05, 0) is 43.2 Å². The topological polar surface area (TPSA) is 66.6 Å². The number of carbonyl (C=O) groups is 2. The molecule has 1 aliphatic heterocycles. The molecule has 2 amide bonds. The number of likely N-dealkylation sites (N-methyl/N-ethyl adjacent to an activating group) is 1. The van der Waals surface area contributed by atoms with Crippen molar-refractivity contribution in [3.63, 3.8) is 0 Å². The summed E-state index contributed by atoms with van der Waals surface area (Å²) in [5.41, 5.74) is 8.05. The predicted octanol–water partition coefficient (Wildman–Crippen LogP) is 2.41. The normalized spacial score (nSPS) is 17.0. The summed E-state index contributed by atoms with van der Waals surface area (Å²) in [6.45, 7) is 3.48. The van der Waals surface area contributed by atoms with E-state index in [9.17, 15) is 9.59 Å². The molecular weight excluding hydrogens is 314 g/mol. The van der Waals surface area contributed by atoms with Crippen LogP contribution in [0, 0.1) is 0 Å². The molecule has 1 unspecified atom stereocenters.